The molecule has 0 spiro atoms. The van der Waals surface area contributed by atoms with Crippen LogP contribution in [0.4, 0.5) is 0 Å². The second kappa shape index (κ2) is 6.27. The van der Waals surface area contributed by atoms with Gasteiger partial charge in [0.05, 0.1) is 0 Å². The average Bonchev–Trinajstić information content (AvgIpc) is 2.41. The molecule has 18 heavy (non-hydrogen) atoms. The highest BCUT2D eigenvalue weighted by molar-refractivity contribution is 5.96. The molecule has 0 unspecified atom stereocenters. The monoisotopic (exact) mass is 236 g/mol. The first-order valence-corrected chi connectivity index (χ1v) is 5.64. The van der Waals surface area contributed by atoms with Crippen molar-refractivity contribution < 1.29 is 9.53 Å². The van der Waals surface area contributed by atoms with Crippen molar-refractivity contribution in [3.05, 3.63) is 66.2 Å². The Hall–Kier alpha value is -2.53. The molecule has 0 amide bonds. The predicted molar refractivity (Wildman–Crippen MR) is 70.0 cm³/mol. The summed E-state index contributed by atoms with van der Waals surface area (Å²) < 4.78 is 5.13. The van der Waals surface area contributed by atoms with E-state index in [1.807, 2.05) is 48.5 Å². The van der Waals surface area contributed by atoms with Crippen molar-refractivity contribution in [3.63, 3.8) is 0 Å². The van der Waals surface area contributed by atoms with Crippen LogP contribution in [-0.4, -0.2) is 5.78 Å². The molecular weight excluding hydrogens is 224 g/mol. The van der Waals surface area contributed by atoms with Crippen LogP contribution in [0.5, 0.6) is 5.75 Å². The Balaban J connectivity index is 1.89. The Morgan fingerprint density at radius 3 is 2.22 bits per heavy atom. The molecule has 0 aliphatic heterocycles. The predicted octanol–water partition coefficient (Wildman–Crippen LogP) is 2.84. The number of ketones is 1. The van der Waals surface area contributed by atoms with E-state index < -0.39 is 0 Å². The van der Waals surface area contributed by atoms with Gasteiger partial charge in [0.15, 0.2) is 0 Å². The zero-order valence-electron chi connectivity index (χ0n) is 9.80. The van der Waals surface area contributed by atoms with Crippen molar-refractivity contribution in [3.8, 4) is 17.8 Å². The third-order valence-electron chi connectivity index (χ3n) is 2.31. The quantitative estimate of drug-likeness (QED) is 0.766. The molecule has 2 rings (SSSR count). The smallest absolute Gasteiger partial charge is 0.213 e. The normalized spacial score (nSPS) is 9.11. The SMILES string of the molecule is O=C(C#COc1ccccc1)Cc1ccccc1. The Morgan fingerprint density at radius 2 is 1.56 bits per heavy atom. The van der Waals surface area contributed by atoms with E-state index in [1.54, 1.807) is 12.1 Å². The molecule has 0 heterocycles. The van der Waals surface area contributed by atoms with Crippen LogP contribution in [0.15, 0.2) is 60.7 Å². The summed E-state index contributed by atoms with van der Waals surface area (Å²) in [6, 6.07) is 18.7. The van der Waals surface area contributed by atoms with Gasteiger partial charge in [-0.05, 0) is 17.7 Å². The maximum absolute atomic E-state index is 11.5. The maximum Gasteiger partial charge on any atom is 0.213 e. The molecule has 88 valence electrons. The lowest BCUT2D eigenvalue weighted by Gasteiger charge is -1.95. The molecule has 0 saturated heterocycles. The molecular formula is C16H12O2. The number of para-hydroxylation sites is 1. The molecule has 0 aliphatic carbocycles. The summed E-state index contributed by atoms with van der Waals surface area (Å²) in [6.07, 6.45) is 2.73. The summed E-state index contributed by atoms with van der Waals surface area (Å²) in [5, 5.41) is 0. The van der Waals surface area contributed by atoms with Gasteiger partial charge in [-0.3, -0.25) is 4.79 Å². The first-order chi connectivity index (χ1) is 8.84. The highest BCUT2D eigenvalue weighted by Gasteiger charge is 1.98. The molecule has 2 aromatic rings. The fraction of sp³-hybridized carbons (Fsp3) is 0.0625. The van der Waals surface area contributed by atoms with Crippen LogP contribution in [0.25, 0.3) is 0 Å². The number of carbonyl (C=O) groups excluding carboxylic acids is 1. The minimum Gasteiger partial charge on any atom is -0.407 e. The van der Waals surface area contributed by atoms with Crippen LogP contribution in [-0.2, 0) is 11.2 Å². The van der Waals surface area contributed by atoms with Crippen LogP contribution in [0.1, 0.15) is 5.56 Å². The van der Waals surface area contributed by atoms with Gasteiger partial charge in [0.25, 0.3) is 0 Å². The van der Waals surface area contributed by atoms with E-state index in [2.05, 4.69) is 12.0 Å². The Kier molecular flexibility index (Phi) is 4.16. The number of rotatable bonds is 3. The number of carbonyl (C=O) groups is 1. The van der Waals surface area contributed by atoms with Gasteiger partial charge >= 0.3 is 0 Å². The highest BCUT2D eigenvalue weighted by Crippen LogP contribution is 2.07. The molecule has 0 atom stereocenters. The van der Waals surface area contributed by atoms with Crippen molar-refractivity contribution in [1.82, 2.24) is 0 Å². The zero-order valence-corrected chi connectivity index (χ0v) is 9.80. The molecule has 2 aromatic carbocycles. The Labute approximate surface area is 106 Å². The van der Waals surface area contributed by atoms with Crippen LogP contribution in [0.3, 0.4) is 0 Å². The lowest BCUT2D eigenvalue weighted by molar-refractivity contribution is -0.113. The topological polar surface area (TPSA) is 26.3 Å². The molecule has 2 heteroatoms. The third-order valence-corrected chi connectivity index (χ3v) is 2.31. The molecule has 0 N–H and O–H groups in total. The van der Waals surface area contributed by atoms with Gasteiger partial charge in [0.2, 0.25) is 5.78 Å². The number of hydrogen-bond acceptors (Lipinski definition) is 2. The van der Waals surface area contributed by atoms with Crippen LogP contribution in [0.2, 0.25) is 0 Å². The van der Waals surface area contributed by atoms with Gasteiger partial charge in [0, 0.05) is 12.3 Å². The van der Waals surface area contributed by atoms with Gasteiger partial charge in [-0.15, -0.1) is 0 Å². The molecule has 0 aliphatic rings. The minimum atomic E-state index is -0.155. The van der Waals surface area contributed by atoms with E-state index in [-0.39, 0.29) is 5.78 Å². The largest absolute Gasteiger partial charge is 0.407 e. The number of ether oxygens (including phenoxy) is 1. The van der Waals surface area contributed by atoms with Gasteiger partial charge in [-0.1, -0.05) is 48.5 Å². The summed E-state index contributed by atoms with van der Waals surface area (Å²) in [6.45, 7) is 0. The van der Waals surface area contributed by atoms with Crippen molar-refractivity contribution in [2.45, 2.75) is 6.42 Å². The van der Waals surface area contributed by atoms with Crippen molar-refractivity contribution in [2.24, 2.45) is 0 Å². The minimum absolute atomic E-state index is 0.155. The van der Waals surface area contributed by atoms with Gasteiger partial charge in [-0.2, -0.15) is 0 Å². The second-order valence-corrected chi connectivity index (χ2v) is 3.73. The molecule has 0 aromatic heterocycles. The van der Waals surface area contributed by atoms with Crippen LogP contribution < -0.4 is 4.74 Å². The summed E-state index contributed by atoms with van der Waals surface area (Å²) >= 11 is 0. The van der Waals surface area contributed by atoms with E-state index >= 15 is 0 Å². The van der Waals surface area contributed by atoms with E-state index in [0.717, 1.165) is 5.56 Å². The summed E-state index contributed by atoms with van der Waals surface area (Å²) in [7, 11) is 0. The summed E-state index contributed by atoms with van der Waals surface area (Å²) in [5.41, 5.74) is 0.955. The standard InChI is InChI=1S/C16H12O2/c17-15(13-14-7-3-1-4-8-14)11-12-18-16-9-5-2-6-10-16/h1-10H,13H2. The first kappa shape index (κ1) is 11.9. The zero-order chi connectivity index (χ0) is 12.6. The van der Waals surface area contributed by atoms with E-state index in [1.165, 1.54) is 0 Å². The van der Waals surface area contributed by atoms with Gasteiger partial charge < -0.3 is 4.74 Å². The number of benzene rings is 2. The molecule has 0 bridgehead atoms. The van der Waals surface area contributed by atoms with Crippen molar-refractivity contribution in [2.75, 3.05) is 0 Å². The van der Waals surface area contributed by atoms with E-state index in [9.17, 15) is 4.79 Å². The third kappa shape index (κ3) is 3.80. The fourth-order valence-electron chi connectivity index (χ4n) is 1.46. The summed E-state index contributed by atoms with van der Waals surface area (Å²) in [4.78, 5) is 11.5. The molecule has 0 radical (unpaired) electrons. The maximum atomic E-state index is 11.5. The number of Topliss-reactive ketones (excluding diaryl/α,β-unsaturated/α-hetero) is 1. The van der Waals surface area contributed by atoms with Crippen LogP contribution in [0, 0.1) is 12.0 Å². The molecule has 0 saturated carbocycles. The van der Waals surface area contributed by atoms with Gasteiger partial charge in [-0.25, -0.2) is 0 Å². The fourth-order valence-corrected chi connectivity index (χ4v) is 1.46. The number of hydrogen-bond donors (Lipinski definition) is 0. The molecule has 0 fully saturated rings. The van der Waals surface area contributed by atoms with Crippen molar-refractivity contribution >= 4 is 5.78 Å². The second-order valence-electron chi connectivity index (χ2n) is 3.73. The Morgan fingerprint density at radius 1 is 0.944 bits per heavy atom. The lowest BCUT2D eigenvalue weighted by atomic mass is 10.1. The van der Waals surface area contributed by atoms with Crippen molar-refractivity contribution in [1.29, 1.82) is 0 Å². The van der Waals surface area contributed by atoms with E-state index in [4.69, 9.17) is 4.74 Å². The first-order valence-electron chi connectivity index (χ1n) is 5.64. The van der Waals surface area contributed by atoms with Crippen LogP contribution >= 0.6 is 0 Å². The molecule has 2 nitrogen and oxygen atoms in total. The lowest BCUT2D eigenvalue weighted by Crippen LogP contribution is -1.99. The Bertz CT molecular complexity index is 562. The van der Waals surface area contributed by atoms with Gasteiger partial charge in [0.1, 0.15) is 11.9 Å². The average molecular weight is 236 g/mol. The summed E-state index contributed by atoms with van der Waals surface area (Å²) in [5.74, 6) is 2.95. The highest BCUT2D eigenvalue weighted by atomic mass is 16.5. The van der Waals surface area contributed by atoms with E-state index in [0.29, 0.717) is 12.2 Å².